The van der Waals surface area contributed by atoms with Crippen LogP contribution < -0.4 is 15.6 Å². The van der Waals surface area contributed by atoms with Crippen molar-refractivity contribution in [3.05, 3.63) is 139 Å². The second-order valence-electron chi connectivity index (χ2n) is 9.56. The van der Waals surface area contributed by atoms with Gasteiger partial charge < -0.3 is 0 Å². The molecule has 0 nitrogen and oxygen atoms in total. The molecule has 0 aliphatic heterocycles. The molecule has 0 radical (unpaired) electrons. The molecule has 0 bridgehead atoms. The summed E-state index contributed by atoms with van der Waals surface area (Å²) in [4.78, 5) is 0. The molecule has 35 heavy (non-hydrogen) atoms. The highest BCUT2D eigenvalue weighted by atomic mass is 28.3. The molecule has 1 heteroatoms. The van der Waals surface area contributed by atoms with Crippen molar-refractivity contribution in [3.8, 4) is 0 Å². The van der Waals surface area contributed by atoms with E-state index in [9.17, 15) is 0 Å². The van der Waals surface area contributed by atoms with Crippen LogP contribution in [0.1, 0.15) is 31.2 Å². The van der Waals surface area contributed by atoms with Gasteiger partial charge in [-0.2, -0.15) is 0 Å². The summed E-state index contributed by atoms with van der Waals surface area (Å²) < 4.78 is 0. The smallest absolute Gasteiger partial charge is 0.0624 e. The van der Waals surface area contributed by atoms with Gasteiger partial charge in [0.15, 0.2) is 0 Å². The minimum absolute atomic E-state index is 1.18. The standard InChI is InChI=1S/C34H34Si/c1(6-17-29-18-7-3-8-19-29)2-15-28-35(31-22-9-4-10-23-31,32-24-11-5-12-25-32)34-27-16-21-30-20-13-14-26-33(30)34/h3-5,7-14,16,18-27H,1-2,6,15,17,28H2. The van der Waals surface area contributed by atoms with E-state index >= 15 is 0 Å². The minimum atomic E-state index is -2.21. The lowest BCUT2D eigenvalue weighted by atomic mass is 10.1. The Bertz CT molecular complexity index is 1280. The molecule has 0 aromatic heterocycles. The maximum absolute atomic E-state index is 2.42. The molecule has 0 aliphatic carbocycles. The van der Waals surface area contributed by atoms with Gasteiger partial charge in [-0.15, -0.1) is 0 Å². The summed E-state index contributed by atoms with van der Waals surface area (Å²) in [6.45, 7) is 0. The Morgan fingerprint density at radius 3 is 1.66 bits per heavy atom. The van der Waals surface area contributed by atoms with Crippen LogP contribution in [-0.4, -0.2) is 8.07 Å². The van der Waals surface area contributed by atoms with E-state index in [4.69, 9.17) is 0 Å². The van der Waals surface area contributed by atoms with Crippen LogP contribution >= 0.6 is 0 Å². The van der Waals surface area contributed by atoms with Gasteiger partial charge in [-0.3, -0.25) is 0 Å². The van der Waals surface area contributed by atoms with E-state index in [1.54, 1.807) is 5.19 Å². The first kappa shape index (κ1) is 23.3. The molecule has 174 valence electrons. The Morgan fingerprint density at radius 1 is 0.429 bits per heavy atom. The van der Waals surface area contributed by atoms with Gasteiger partial charge in [0.05, 0.1) is 0 Å². The lowest BCUT2D eigenvalue weighted by Crippen LogP contribution is -2.67. The van der Waals surface area contributed by atoms with Crippen LogP contribution in [0.3, 0.4) is 0 Å². The van der Waals surface area contributed by atoms with Crippen LogP contribution in [0.2, 0.25) is 6.04 Å². The Kier molecular flexibility index (Phi) is 7.55. The lowest BCUT2D eigenvalue weighted by Gasteiger charge is -2.35. The van der Waals surface area contributed by atoms with E-state index in [2.05, 4.69) is 133 Å². The van der Waals surface area contributed by atoms with Crippen LogP contribution in [0.15, 0.2) is 133 Å². The van der Waals surface area contributed by atoms with E-state index in [1.165, 1.54) is 64.9 Å². The quantitative estimate of drug-likeness (QED) is 0.116. The molecule has 0 saturated heterocycles. The fourth-order valence-electron chi connectivity index (χ4n) is 5.66. The molecule has 0 aliphatic rings. The van der Waals surface area contributed by atoms with Gasteiger partial charge in [-0.05, 0) is 50.8 Å². The average Bonchev–Trinajstić information content (AvgIpc) is 2.94. The first-order valence-electron chi connectivity index (χ1n) is 13.0. The Labute approximate surface area is 211 Å². The molecule has 0 atom stereocenters. The van der Waals surface area contributed by atoms with Crippen molar-refractivity contribution >= 4 is 34.4 Å². The summed E-state index contributed by atoms with van der Waals surface area (Å²) in [5.41, 5.74) is 1.46. The van der Waals surface area contributed by atoms with Crippen LogP contribution in [-0.2, 0) is 6.42 Å². The fourth-order valence-corrected chi connectivity index (χ4v) is 10.8. The summed E-state index contributed by atoms with van der Waals surface area (Å²) in [5, 5.41) is 7.35. The Morgan fingerprint density at radius 2 is 0.971 bits per heavy atom. The van der Waals surface area contributed by atoms with Gasteiger partial charge in [0.25, 0.3) is 0 Å². The maximum atomic E-state index is 2.42. The predicted octanol–water partition coefficient (Wildman–Crippen LogP) is 7.11. The van der Waals surface area contributed by atoms with Gasteiger partial charge in [-0.25, -0.2) is 0 Å². The first-order valence-corrected chi connectivity index (χ1v) is 15.2. The Hall–Kier alpha value is -3.42. The van der Waals surface area contributed by atoms with Gasteiger partial charge in [0, 0.05) is 0 Å². The number of hydrogen-bond donors (Lipinski definition) is 0. The van der Waals surface area contributed by atoms with Gasteiger partial charge in [-0.1, -0.05) is 153 Å². The summed E-state index contributed by atoms with van der Waals surface area (Å²) in [7, 11) is -2.21. The molecule has 0 amide bonds. The monoisotopic (exact) mass is 470 g/mol. The van der Waals surface area contributed by atoms with Gasteiger partial charge in [0.2, 0.25) is 0 Å². The normalized spacial score (nSPS) is 11.5. The minimum Gasteiger partial charge on any atom is -0.0624 e. The van der Waals surface area contributed by atoms with Crippen LogP contribution in [0.5, 0.6) is 0 Å². The molecule has 0 N–H and O–H groups in total. The van der Waals surface area contributed by atoms with Crippen LogP contribution in [0.4, 0.5) is 0 Å². The topological polar surface area (TPSA) is 0 Å². The molecule has 5 aromatic carbocycles. The van der Waals surface area contributed by atoms with Crippen molar-refractivity contribution in [1.82, 2.24) is 0 Å². The van der Waals surface area contributed by atoms with E-state index in [0.29, 0.717) is 0 Å². The van der Waals surface area contributed by atoms with Crippen molar-refractivity contribution in [2.24, 2.45) is 0 Å². The third-order valence-electron chi connectivity index (χ3n) is 7.39. The fraction of sp³-hybridized carbons (Fsp3) is 0.176. The van der Waals surface area contributed by atoms with Crippen LogP contribution in [0, 0.1) is 0 Å². The number of benzene rings is 5. The third-order valence-corrected chi connectivity index (χ3v) is 12.5. The molecule has 5 rings (SSSR count). The van der Waals surface area contributed by atoms with Crippen LogP contribution in [0.25, 0.3) is 10.8 Å². The number of aryl methyl sites for hydroxylation is 1. The van der Waals surface area contributed by atoms with E-state index in [-0.39, 0.29) is 0 Å². The predicted molar refractivity (Wildman–Crippen MR) is 155 cm³/mol. The molecular formula is C34H34Si. The SMILES string of the molecule is c1ccc(CCCCCC[Si](c2ccccc2)(c2ccccc2)c2cccc3ccccc23)cc1. The zero-order chi connectivity index (χ0) is 23.8. The van der Waals surface area contributed by atoms with Crippen molar-refractivity contribution in [1.29, 1.82) is 0 Å². The first-order chi connectivity index (χ1) is 17.4. The molecular weight excluding hydrogens is 436 g/mol. The Balaban J connectivity index is 1.48. The highest BCUT2D eigenvalue weighted by molar-refractivity contribution is 7.12. The van der Waals surface area contributed by atoms with Crippen molar-refractivity contribution in [2.75, 3.05) is 0 Å². The second-order valence-corrected chi connectivity index (χ2v) is 13.6. The van der Waals surface area contributed by atoms with Crippen molar-refractivity contribution in [3.63, 3.8) is 0 Å². The zero-order valence-electron chi connectivity index (χ0n) is 20.4. The summed E-state index contributed by atoms with van der Waals surface area (Å²) in [6.07, 6.45) is 6.28. The molecule has 5 aromatic rings. The molecule has 0 heterocycles. The average molecular weight is 471 g/mol. The highest BCUT2D eigenvalue weighted by Gasteiger charge is 2.39. The van der Waals surface area contributed by atoms with E-state index < -0.39 is 8.07 Å². The molecule has 0 unspecified atom stereocenters. The lowest BCUT2D eigenvalue weighted by molar-refractivity contribution is 0.664. The third kappa shape index (κ3) is 5.16. The van der Waals surface area contributed by atoms with Gasteiger partial charge >= 0.3 is 0 Å². The zero-order valence-corrected chi connectivity index (χ0v) is 21.4. The molecule has 0 saturated carbocycles. The largest absolute Gasteiger partial charge is 0.149 e. The number of rotatable bonds is 10. The molecule has 0 spiro atoms. The summed E-state index contributed by atoms with van der Waals surface area (Å²) in [5.74, 6) is 0. The van der Waals surface area contributed by atoms with Crippen molar-refractivity contribution < 1.29 is 0 Å². The van der Waals surface area contributed by atoms with E-state index in [1.807, 2.05) is 0 Å². The highest BCUT2D eigenvalue weighted by Crippen LogP contribution is 2.22. The summed E-state index contributed by atoms with van der Waals surface area (Å²) in [6, 6.07) is 50.8. The maximum Gasteiger partial charge on any atom is 0.149 e. The van der Waals surface area contributed by atoms with E-state index in [0.717, 1.165) is 0 Å². The second kappa shape index (κ2) is 11.3. The van der Waals surface area contributed by atoms with Gasteiger partial charge in [0.1, 0.15) is 8.07 Å². The number of hydrogen-bond acceptors (Lipinski definition) is 0. The number of unbranched alkanes of at least 4 members (excludes halogenated alkanes) is 3. The van der Waals surface area contributed by atoms with Crippen molar-refractivity contribution in [2.45, 2.75) is 38.1 Å². The number of fused-ring (bicyclic) bond motifs is 1. The molecule has 0 fully saturated rings. The summed E-state index contributed by atoms with van der Waals surface area (Å²) >= 11 is 0.